The van der Waals surface area contributed by atoms with Gasteiger partial charge in [-0.3, -0.25) is 4.79 Å². The van der Waals surface area contributed by atoms with E-state index in [1.165, 1.54) is 12.8 Å². The van der Waals surface area contributed by atoms with Crippen LogP contribution in [-0.2, 0) is 14.3 Å². The van der Waals surface area contributed by atoms with Gasteiger partial charge in [0.05, 0.1) is 31.3 Å². The van der Waals surface area contributed by atoms with Crippen molar-refractivity contribution in [3.8, 4) is 5.75 Å². The highest BCUT2D eigenvalue weighted by Gasteiger charge is 2.47. The SMILES string of the molecule is O=C(CCOc1ccccc1)N1CC[C@@]2(C[C@@H](OCC3CC3)CO2)C1. The molecule has 0 aromatic heterocycles. The summed E-state index contributed by atoms with van der Waals surface area (Å²) in [7, 11) is 0. The van der Waals surface area contributed by atoms with Gasteiger partial charge in [0.15, 0.2) is 0 Å². The third-order valence-electron chi connectivity index (χ3n) is 5.44. The molecule has 0 radical (unpaired) electrons. The molecule has 0 N–H and O–H groups in total. The average Bonchev–Trinajstić information content (AvgIpc) is 3.25. The molecule has 3 fully saturated rings. The molecule has 5 heteroatoms. The second kappa shape index (κ2) is 7.34. The van der Waals surface area contributed by atoms with Gasteiger partial charge in [-0.05, 0) is 37.3 Å². The zero-order valence-electron chi connectivity index (χ0n) is 14.7. The van der Waals surface area contributed by atoms with Gasteiger partial charge in [0.25, 0.3) is 0 Å². The zero-order chi connectivity index (χ0) is 17.1. The van der Waals surface area contributed by atoms with Crippen molar-refractivity contribution in [1.82, 2.24) is 4.90 Å². The van der Waals surface area contributed by atoms with Crippen molar-refractivity contribution in [2.24, 2.45) is 5.92 Å². The van der Waals surface area contributed by atoms with Crippen molar-refractivity contribution in [1.29, 1.82) is 0 Å². The molecule has 1 saturated carbocycles. The molecular weight excluding hydrogens is 318 g/mol. The molecule has 1 aromatic carbocycles. The van der Waals surface area contributed by atoms with E-state index in [4.69, 9.17) is 14.2 Å². The number of hydrogen-bond acceptors (Lipinski definition) is 4. The Hall–Kier alpha value is -1.59. The lowest BCUT2D eigenvalue weighted by Crippen LogP contribution is -2.36. The number of carbonyl (C=O) groups is 1. The summed E-state index contributed by atoms with van der Waals surface area (Å²) in [5.74, 6) is 1.74. The van der Waals surface area contributed by atoms with Crippen molar-refractivity contribution in [2.45, 2.75) is 43.8 Å². The summed E-state index contributed by atoms with van der Waals surface area (Å²) in [4.78, 5) is 14.4. The van der Waals surface area contributed by atoms with Crippen molar-refractivity contribution in [3.05, 3.63) is 30.3 Å². The van der Waals surface area contributed by atoms with E-state index in [1.54, 1.807) is 0 Å². The molecule has 2 atom stereocenters. The maximum Gasteiger partial charge on any atom is 0.226 e. The topological polar surface area (TPSA) is 48.0 Å². The molecule has 3 aliphatic rings. The molecule has 25 heavy (non-hydrogen) atoms. The van der Waals surface area contributed by atoms with Crippen LogP contribution in [-0.4, -0.2) is 55.4 Å². The van der Waals surface area contributed by atoms with Gasteiger partial charge in [0.1, 0.15) is 5.75 Å². The summed E-state index contributed by atoms with van der Waals surface area (Å²) in [5.41, 5.74) is -0.176. The molecule has 2 aliphatic heterocycles. The summed E-state index contributed by atoms with van der Waals surface area (Å²) >= 11 is 0. The van der Waals surface area contributed by atoms with E-state index in [0.29, 0.717) is 26.2 Å². The van der Waals surface area contributed by atoms with Gasteiger partial charge in [-0.15, -0.1) is 0 Å². The number of nitrogens with zero attached hydrogens (tertiary/aromatic N) is 1. The molecule has 136 valence electrons. The van der Waals surface area contributed by atoms with E-state index in [2.05, 4.69) is 0 Å². The molecule has 1 aliphatic carbocycles. The fourth-order valence-electron chi connectivity index (χ4n) is 3.74. The number of benzene rings is 1. The lowest BCUT2D eigenvalue weighted by atomic mass is 9.98. The van der Waals surface area contributed by atoms with Crippen LogP contribution in [0.2, 0.25) is 0 Å². The maximum atomic E-state index is 12.4. The molecule has 1 aromatic rings. The van der Waals surface area contributed by atoms with Gasteiger partial charge >= 0.3 is 0 Å². The largest absolute Gasteiger partial charge is 0.493 e. The van der Waals surface area contributed by atoms with Crippen LogP contribution in [0.1, 0.15) is 32.1 Å². The monoisotopic (exact) mass is 345 g/mol. The van der Waals surface area contributed by atoms with Crippen LogP contribution in [0.5, 0.6) is 5.75 Å². The van der Waals surface area contributed by atoms with Crippen LogP contribution in [0.3, 0.4) is 0 Å². The van der Waals surface area contributed by atoms with Crippen LogP contribution in [0, 0.1) is 5.92 Å². The number of para-hydroxylation sites is 1. The Balaban J connectivity index is 1.19. The van der Waals surface area contributed by atoms with E-state index < -0.39 is 0 Å². The van der Waals surface area contributed by atoms with E-state index in [-0.39, 0.29) is 17.6 Å². The summed E-state index contributed by atoms with van der Waals surface area (Å²) in [6.45, 7) is 3.44. The first-order chi connectivity index (χ1) is 12.2. The highest BCUT2D eigenvalue weighted by Crippen LogP contribution is 2.37. The first kappa shape index (κ1) is 16.9. The van der Waals surface area contributed by atoms with Crippen LogP contribution in [0.4, 0.5) is 0 Å². The van der Waals surface area contributed by atoms with Gasteiger partial charge < -0.3 is 19.1 Å². The van der Waals surface area contributed by atoms with E-state index in [0.717, 1.165) is 37.7 Å². The Kier molecular flexibility index (Phi) is 4.95. The van der Waals surface area contributed by atoms with Crippen LogP contribution >= 0.6 is 0 Å². The molecule has 4 rings (SSSR count). The lowest BCUT2D eigenvalue weighted by Gasteiger charge is -2.23. The minimum Gasteiger partial charge on any atom is -0.493 e. The van der Waals surface area contributed by atoms with Crippen molar-refractivity contribution < 1.29 is 19.0 Å². The fraction of sp³-hybridized carbons (Fsp3) is 0.650. The Bertz CT molecular complexity index is 589. The highest BCUT2D eigenvalue weighted by atomic mass is 16.6. The maximum absolute atomic E-state index is 12.4. The molecule has 1 spiro atoms. The number of ether oxygens (including phenoxy) is 3. The predicted molar refractivity (Wildman–Crippen MR) is 93.5 cm³/mol. The molecule has 0 unspecified atom stereocenters. The second-order valence-electron chi connectivity index (χ2n) is 7.57. The summed E-state index contributed by atoms with van der Waals surface area (Å²) in [6.07, 6.45) is 5.08. The zero-order valence-corrected chi connectivity index (χ0v) is 14.7. The predicted octanol–water partition coefficient (Wildman–Crippen LogP) is 2.64. The standard InChI is InChI=1S/C20H27NO4/c22-19(8-11-23-17-4-2-1-3-5-17)21-10-9-20(15-21)12-18(14-25-20)24-13-16-6-7-16/h1-5,16,18H,6-15H2/t18-,20-/m1/s1. The molecular formula is C20H27NO4. The lowest BCUT2D eigenvalue weighted by molar-refractivity contribution is -0.131. The molecule has 0 bridgehead atoms. The first-order valence-electron chi connectivity index (χ1n) is 9.44. The van der Waals surface area contributed by atoms with Gasteiger partial charge in [-0.25, -0.2) is 0 Å². The van der Waals surface area contributed by atoms with E-state index in [1.807, 2.05) is 35.2 Å². The van der Waals surface area contributed by atoms with Crippen molar-refractivity contribution in [2.75, 3.05) is 32.9 Å². The van der Waals surface area contributed by atoms with Crippen molar-refractivity contribution >= 4 is 5.91 Å². The Labute approximate surface area is 149 Å². The summed E-state index contributed by atoms with van der Waals surface area (Å²) in [6, 6.07) is 9.62. The van der Waals surface area contributed by atoms with E-state index in [9.17, 15) is 4.79 Å². The fourth-order valence-corrected chi connectivity index (χ4v) is 3.74. The Morgan fingerprint density at radius 3 is 2.92 bits per heavy atom. The number of likely N-dealkylation sites (tertiary alicyclic amines) is 1. The normalized spacial score (nSPS) is 28.6. The first-order valence-corrected chi connectivity index (χ1v) is 9.44. The summed E-state index contributed by atoms with van der Waals surface area (Å²) in [5, 5.41) is 0. The molecule has 2 heterocycles. The molecule has 1 amide bonds. The van der Waals surface area contributed by atoms with Crippen LogP contribution in [0.15, 0.2) is 30.3 Å². The Morgan fingerprint density at radius 2 is 2.12 bits per heavy atom. The van der Waals surface area contributed by atoms with Gasteiger partial charge in [-0.2, -0.15) is 0 Å². The van der Waals surface area contributed by atoms with Crippen LogP contribution in [0.25, 0.3) is 0 Å². The summed E-state index contributed by atoms with van der Waals surface area (Å²) < 4.78 is 17.7. The quantitative estimate of drug-likeness (QED) is 0.762. The smallest absolute Gasteiger partial charge is 0.226 e. The number of hydrogen-bond donors (Lipinski definition) is 0. The Morgan fingerprint density at radius 1 is 1.28 bits per heavy atom. The minimum absolute atomic E-state index is 0.152. The average molecular weight is 345 g/mol. The van der Waals surface area contributed by atoms with E-state index >= 15 is 0 Å². The number of amides is 1. The van der Waals surface area contributed by atoms with Gasteiger partial charge in [-0.1, -0.05) is 18.2 Å². The highest BCUT2D eigenvalue weighted by molar-refractivity contribution is 5.76. The minimum atomic E-state index is -0.176. The second-order valence-corrected chi connectivity index (χ2v) is 7.57. The van der Waals surface area contributed by atoms with Crippen LogP contribution < -0.4 is 4.74 Å². The third kappa shape index (κ3) is 4.33. The number of carbonyl (C=O) groups excluding carboxylic acids is 1. The third-order valence-corrected chi connectivity index (χ3v) is 5.44. The molecule has 5 nitrogen and oxygen atoms in total. The number of rotatable bonds is 7. The molecule has 2 saturated heterocycles. The van der Waals surface area contributed by atoms with Gasteiger partial charge in [0.2, 0.25) is 5.91 Å². The van der Waals surface area contributed by atoms with Crippen molar-refractivity contribution in [3.63, 3.8) is 0 Å². The van der Waals surface area contributed by atoms with Gasteiger partial charge in [0, 0.05) is 26.1 Å².